The molecule has 5 heteroatoms. The van der Waals surface area contributed by atoms with E-state index in [9.17, 15) is 0 Å². The first-order chi connectivity index (χ1) is 9.59. The number of thiocarbonyl (C=S) groups is 1. The van der Waals surface area contributed by atoms with Crippen LogP contribution in [0.1, 0.15) is 45.7 Å². The highest BCUT2D eigenvalue weighted by molar-refractivity contribution is 7.80. The molecule has 2 unspecified atom stereocenters. The van der Waals surface area contributed by atoms with Gasteiger partial charge in [0, 0.05) is 18.3 Å². The zero-order valence-electron chi connectivity index (χ0n) is 12.3. The minimum absolute atomic E-state index is 0.476. The standard InChI is InChI=1S/C15H22N4S/c1-11-7-6-8-12(2)19(11)15(20)18-17-13(3)14-9-4-5-10-16-14/h4-5,9-12H,6-8H2,1-3H3,(H,18,20)/b17-13-. The smallest absolute Gasteiger partial charge is 0.190 e. The third-order valence-electron chi connectivity index (χ3n) is 3.78. The second-order valence-corrected chi connectivity index (χ2v) is 5.75. The van der Waals surface area contributed by atoms with Crippen molar-refractivity contribution in [1.82, 2.24) is 15.3 Å². The van der Waals surface area contributed by atoms with E-state index in [1.807, 2.05) is 25.1 Å². The molecule has 2 atom stereocenters. The largest absolute Gasteiger partial charge is 0.342 e. The average molecular weight is 290 g/mol. The predicted octanol–water partition coefficient (Wildman–Crippen LogP) is 2.94. The molecule has 20 heavy (non-hydrogen) atoms. The lowest BCUT2D eigenvalue weighted by Crippen LogP contribution is -2.50. The number of hydrogen-bond acceptors (Lipinski definition) is 3. The van der Waals surface area contributed by atoms with Crippen LogP contribution in [-0.2, 0) is 0 Å². The van der Waals surface area contributed by atoms with Crippen molar-refractivity contribution in [3.63, 3.8) is 0 Å². The molecule has 1 aliphatic rings. The van der Waals surface area contributed by atoms with Crippen LogP contribution >= 0.6 is 12.2 Å². The fourth-order valence-corrected chi connectivity index (χ4v) is 3.05. The van der Waals surface area contributed by atoms with Crippen molar-refractivity contribution in [2.75, 3.05) is 0 Å². The molecule has 0 aliphatic carbocycles. The molecule has 0 spiro atoms. The van der Waals surface area contributed by atoms with Gasteiger partial charge in [0.2, 0.25) is 0 Å². The number of hydrogen-bond donors (Lipinski definition) is 1. The third-order valence-corrected chi connectivity index (χ3v) is 4.08. The Labute approximate surface area is 126 Å². The summed E-state index contributed by atoms with van der Waals surface area (Å²) in [5, 5.41) is 5.07. The molecule has 1 fully saturated rings. The van der Waals surface area contributed by atoms with Gasteiger partial charge >= 0.3 is 0 Å². The Kier molecular flexibility index (Phi) is 5.06. The minimum atomic E-state index is 0.476. The van der Waals surface area contributed by atoms with Crippen molar-refractivity contribution in [2.45, 2.75) is 52.1 Å². The molecule has 0 amide bonds. The topological polar surface area (TPSA) is 40.5 Å². The zero-order valence-corrected chi connectivity index (χ0v) is 13.2. The Balaban J connectivity index is 2.01. The highest BCUT2D eigenvalue weighted by Gasteiger charge is 2.26. The number of hydrazone groups is 1. The molecular weight excluding hydrogens is 268 g/mol. The van der Waals surface area contributed by atoms with Crippen LogP contribution in [0.2, 0.25) is 0 Å². The molecule has 0 saturated carbocycles. The van der Waals surface area contributed by atoms with Gasteiger partial charge in [0.1, 0.15) is 0 Å². The Hall–Kier alpha value is -1.49. The lowest BCUT2D eigenvalue weighted by Gasteiger charge is -2.40. The van der Waals surface area contributed by atoms with Crippen LogP contribution in [0.3, 0.4) is 0 Å². The summed E-state index contributed by atoms with van der Waals surface area (Å²) < 4.78 is 0. The summed E-state index contributed by atoms with van der Waals surface area (Å²) in [5.74, 6) is 0. The molecule has 1 aromatic rings. The van der Waals surface area contributed by atoms with Crippen LogP contribution in [0.25, 0.3) is 0 Å². The van der Waals surface area contributed by atoms with E-state index in [4.69, 9.17) is 12.2 Å². The first-order valence-corrected chi connectivity index (χ1v) is 7.54. The quantitative estimate of drug-likeness (QED) is 0.516. The van der Waals surface area contributed by atoms with E-state index in [0.717, 1.165) is 11.4 Å². The Morgan fingerprint density at radius 1 is 1.35 bits per heavy atom. The van der Waals surface area contributed by atoms with Gasteiger partial charge in [-0.3, -0.25) is 10.4 Å². The number of nitrogens with one attached hydrogen (secondary N) is 1. The van der Waals surface area contributed by atoms with Crippen LogP contribution in [0.15, 0.2) is 29.5 Å². The van der Waals surface area contributed by atoms with Gasteiger partial charge < -0.3 is 4.90 Å². The number of nitrogens with zero attached hydrogens (tertiary/aromatic N) is 3. The van der Waals surface area contributed by atoms with Crippen molar-refractivity contribution >= 4 is 23.0 Å². The number of likely N-dealkylation sites (tertiary alicyclic amines) is 1. The highest BCUT2D eigenvalue weighted by atomic mass is 32.1. The van der Waals surface area contributed by atoms with E-state index < -0.39 is 0 Å². The van der Waals surface area contributed by atoms with Crippen molar-refractivity contribution < 1.29 is 0 Å². The fraction of sp³-hybridized carbons (Fsp3) is 0.533. The molecule has 1 N–H and O–H groups in total. The second kappa shape index (κ2) is 6.79. The van der Waals surface area contributed by atoms with Gasteiger partial charge in [0.15, 0.2) is 5.11 Å². The van der Waals surface area contributed by atoms with Gasteiger partial charge in [0.05, 0.1) is 11.4 Å². The van der Waals surface area contributed by atoms with E-state index in [1.54, 1.807) is 6.20 Å². The maximum absolute atomic E-state index is 5.48. The van der Waals surface area contributed by atoms with Crippen molar-refractivity contribution in [3.8, 4) is 0 Å². The van der Waals surface area contributed by atoms with Crippen LogP contribution in [0.5, 0.6) is 0 Å². The normalized spacial score (nSPS) is 23.6. The second-order valence-electron chi connectivity index (χ2n) is 5.37. The molecule has 1 saturated heterocycles. The lowest BCUT2D eigenvalue weighted by molar-refractivity contribution is 0.189. The van der Waals surface area contributed by atoms with Gasteiger partial charge in [0.25, 0.3) is 0 Å². The molecule has 1 aromatic heterocycles. The number of pyridine rings is 1. The van der Waals surface area contributed by atoms with Crippen LogP contribution < -0.4 is 5.43 Å². The molecule has 0 bridgehead atoms. The summed E-state index contributed by atoms with van der Waals surface area (Å²) >= 11 is 5.48. The summed E-state index contributed by atoms with van der Waals surface area (Å²) in [6, 6.07) is 6.74. The zero-order chi connectivity index (χ0) is 14.5. The fourth-order valence-electron chi connectivity index (χ4n) is 2.65. The predicted molar refractivity (Wildman–Crippen MR) is 86.8 cm³/mol. The van der Waals surface area contributed by atoms with Crippen LogP contribution in [-0.4, -0.2) is 32.8 Å². The molecule has 4 nitrogen and oxygen atoms in total. The van der Waals surface area contributed by atoms with E-state index in [2.05, 4.69) is 34.3 Å². The first kappa shape index (κ1) is 14.9. The summed E-state index contributed by atoms with van der Waals surface area (Å²) in [5.41, 5.74) is 4.72. The monoisotopic (exact) mass is 290 g/mol. The van der Waals surface area contributed by atoms with Crippen molar-refractivity contribution in [2.24, 2.45) is 5.10 Å². The molecule has 2 rings (SSSR count). The van der Waals surface area contributed by atoms with Gasteiger partial charge in [-0.25, -0.2) is 0 Å². The molecular formula is C15H22N4S. The van der Waals surface area contributed by atoms with Crippen molar-refractivity contribution in [3.05, 3.63) is 30.1 Å². The van der Waals surface area contributed by atoms with Crippen LogP contribution in [0, 0.1) is 0 Å². The maximum atomic E-state index is 5.48. The first-order valence-electron chi connectivity index (χ1n) is 7.13. The number of rotatable bonds is 2. The van der Waals surface area contributed by atoms with Gasteiger partial charge in [-0.15, -0.1) is 0 Å². The van der Waals surface area contributed by atoms with Crippen LogP contribution in [0.4, 0.5) is 0 Å². The summed E-state index contributed by atoms with van der Waals surface area (Å²) in [7, 11) is 0. The third kappa shape index (κ3) is 3.54. The number of piperidine rings is 1. The molecule has 0 radical (unpaired) electrons. The highest BCUT2D eigenvalue weighted by Crippen LogP contribution is 2.22. The van der Waals surface area contributed by atoms with Crippen molar-refractivity contribution in [1.29, 1.82) is 0 Å². The lowest BCUT2D eigenvalue weighted by atomic mass is 9.98. The average Bonchev–Trinajstić information content (AvgIpc) is 2.45. The Morgan fingerprint density at radius 3 is 2.65 bits per heavy atom. The molecule has 0 aromatic carbocycles. The van der Waals surface area contributed by atoms with Gasteiger partial charge in [-0.1, -0.05) is 6.07 Å². The Bertz CT molecular complexity index is 476. The molecule has 2 heterocycles. The van der Waals surface area contributed by atoms with E-state index >= 15 is 0 Å². The van der Waals surface area contributed by atoms with Gasteiger partial charge in [-0.05, 0) is 64.4 Å². The molecule has 1 aliphatic heterocycles. The summed E-state index contributed by atoms with van der Waals surface area (Å²) in [4.78, 5) is 6.53. The van der Waals surface area contributed by atoms with Gasteiger partial charge in [-0.2, -0.15) is 5.10 Å². The molecule has 108 valence electrons. The van der Waals surface area contributed by atoms with E-state index in [0.29, 0.717) is 17.2 Å². The van der Waals surface area contributed by atoms with E-state index in [1.165, 1.54) is 19.3 Å². The summed E-state index contributed by atoms with van der Waals surface area (Å²) in [6.07, 6.45) is 5.42. The SMILES string of the molecule is C/C(=N/NC(=S)N1C(C)CCCC1C)c1ccccn1. The maximum Gasteiger partial charge on any atom is 0.190 e. The minimum Gasteiger partial charge on any atom is -0.342 e. The van der Waals surface area contributed by atoms with E-state index in [-0.39, 0.29) is 0 Å². The number of aromatic nitrogens is 1. The summed E-state index contributed by atoms with van der Waals surface area (Å²) in [6.45, 7) is 6.37. The Morgan fingerprint density at radius 2 is 2.05 bits per heavy atom.